The normalized spacial score (nSPS) is 17.4. The number of methoxy groups -OCH3 is 2. The molecule has 2 aliphatic heterocycles. The predicted octanol–water partition coefficient (Wildman–Crippen LogP) is 3.61. The lowest BCUT2D eigenvalue weighted by molar-refractivity contribution is -0.135. The van der Waals surface area contributed by atoms with E-state index in [-0.39, 0.29) is 18.6 Å². The number of anilines is 1. The van der Waals surface area contributed by atoms with Crippen LogP contribution in [0.4, 0.5) is 5.69 Å². The van der Waals surface area contributed by atoms with E-state index in [1.54, 1.807) is 27.2 Å². The van der Waals surface area contributed by atoms with Crippen LogP contribution in [-0.2, 0) is 16.0 Å². The topological polar surface area (TPSA) is 63.6 Å². The number of carbonyl (C=O) groups is 1. The molecule has 0 amide bonds. The summed E-state index contributed by atoms with van der Waals surface area (Å²) in [6.45, 7) is 2.69. The molecule has 0 saturated heterocycles. The van der Waals surface area contributed by atoms with Gasteiger partial charge in [0.2, 0.25) is 5.84 Å². The minimum atomic E-state index is -0.439. The maximum atomic E-state index is 12.6. The van der Waals surface area contributed by atoms with Crippen molar-refractivity contribution < 1.29 is 19.0 Å². The summed E-state index contributed by atoms with van der Waals surface area (Å²) >= 11 is 6.22. The molecule has 0 aromatic heterocycles. The molecular weight excluding hydrogens is 394 g/mol. The van der Waals surface area contributed by atoms with Crippen molar-refractivity contribution in [1.29, 1.82) is 0 Å². The quantitative estimate of drug-likeness (QED) is 0.695. The van der Waals surface area contributed by atoms with Gasteiger partial charge < -0.3 is 19.1 Å². The fourth-order valence-corrected chi connectivity index (χ4v) is 3.98. The minimum Gasteiger partial charge on any atom is -0.493 e. The second kappa shape index (κ2) is 7.83. The van der Waals surface area contributed by atoms with Crippen LogP contribution in [-0.4, -0.2) is 44.1 Å². The second-order valence-corrected chi connectivity index (χ2v) is 7.13. The average molecular weight is 416 g/mol. The van der Waals surface area contributed by atoms with Crippen LogP contribution in [0.3, 0.4) is 0 Å². The van der Waals surface area contributed by atoms with Gasteiger partial charge in [-0.1, -0.05) is 17.7 Å². The number of ether oxygens (including phenoxy) is 3. The lowest BCUT2D eigenvalue weighted by atomic mass is 9.95. The third kappa shape index (κ3) is 3.35. The molecule has 2 heterocycles. The van der Waals surface area contributed by atoms with Gasteiger partial charge in [0.15, 0.2) is 17.7 Å². The van der Waals surface area contributed by atoms with Gasteiger partial charge in [-0.3, -0.25) is 0 Å². The molecule has 152 valence electrons. The summed E-state index contributed by atoms with van der Waals surface area (Å²) in [5, 5.41) is 7.03. The molecule has 2 aromatic carbocycles. The van der Waals surface area contributed by atoms with Crippen LogP contribution in [0, 0.1) is 0 Å². The highest BCUT2D eigenvalue weighted by molar-refractivity contribution is 6.36. The minimum absolute atomic E-state index is 0.287. The number of nitrogens with zero attached hydrogens (tertiary/aromatic N) is 3. The number of halogens is 1. The Kier molecular flexibility index (Phi) is 5.24. The van der Waals surface area contributed by atoms with Crippen molar-refractivity contribution in [3.8, 4) is 11.5 Å². The lowest BCUT2D eigenvalue weighted by Gasteiger charge is -2.37. The van der Waals surface area contributed by atoms with Gasteiger partial charge in [0, 0.05) is 17.1 Å². The molecule has 1 unspecified atom stereocenters. The van der Waals surface area contributed by atoms with Crippen molar-refractivity contribution in [2.24, 2.45) is 5.10 Å². The molecule has 0 spiro atoms. The van der Waals surface area contributed by atoms with Crippen LogP contribution in [0.5, 0.6) is 11.5 Å². The number of fused-ring (bicyclic) bond motifs is 3. The monoisotopic (exact) mass is 415 g/mol. The summed E-state index contributed by atoms with van der Waals surface area (Å²) in [6, 6.07) is 11.3. The molecule has 2 aromatic rings. The van der Waals surface area contributed by atoms with E-state index in [1.807, 2.05) is 40.2 Å². The van der Waals surface area contributed by atoms with Crippen LogP contribution < -0.4 is 14.5 Å². The maximum Gasteiger partial charge on any atom is 0.376 e. The Bertz CT molecular complexity index is 978. The van der Waals surface area contributed by atoms with Gasteiger partial charge in [-0.2, -0.15) is 0 Å². The Morgan fingerprint density at radius 1 is 1.21 bits per heavy atom. The third-order valence-electron chi connectivity index (χ3n) is 5.08. The molecule has 0 saturated carbocycles. The Labute approximate surface area is 174 Å². The van der Waals surface area contributed by atoms with Gasteiger partial charge in [0.05, 0.1) is 26.5 Å². The number of benzene rings is 2. The van der Waals surface area contributed by atoms with E-state index in [0.717, 1.165) is 23.2 Å². The van der Waals surface area contributed by atoms with E-state index in [0.29, 0.717) is 23.1 Å². The van der Waals surface area contributed by atoms with Gasteiger partial charge in [-0.05, 0) is 49.2 Å². The highest BCUT2D eigenvalue weighted by Crippen LogP contribution is 2.44. The molecular formula is C21H22ClN3O4. The molecule has 29 heavy (non-hydrogen) atoms. The van der Waals surface area contributed by atoms with E-state index in [2.05, 4.69) is 5.10 Å². The zero-order valence-electron chi connectivity index (χ0n) is 16.5. The van der Waals surface area contributed by atoms with Gasteiger partial charge in [-0.15, -0.1) is 5.10 Å². The lowest BCUT2D eigenvalue weighted by Crippen LogP contribution is -2.43. The number of hydrazone groups is 1. The smallest absolute Gasteiger partial charge is 0.376 e. The molecule has 0 fully saturated rings. The highest BCUT2D eigenvalue weighted by atomic mass is 35.5. The molecule has 2 aliphatic rings. The maximum absolute atomic E-state index is 12.6. The van der Waals surface area contributed by atoms with Gasteiger partial charge in [-0.25, -0.2) is 9.80 Å². The molecule has 0 aliphatic carbocycles. The summed E-state index contributed by atoms with van der Waals surface area (Å²) < 4.78 is 16.2. The SMILES string of the molecule is CCOC(=O)C1=NN(c2cccc(Cl)c2)C2c3cc(OC)c(OC)cc3CCN12. The number of hydrogen-bond donors (Lipinski definition) is 0. The second-order valence-electron chi connectivity index (χ2n) is 6.69. The predicted molar refractivity (Wildman–Crippen MR) is 111 cm³/mol. The first-order chi connectivity index (χ1) is 14.1. The van der Waals surface area contributed by atoms with Gasteiger partial charge in [0.1, 0.15) is 0 Å². The third-order valence-corrected chi connectivity index (χ3v) is 5.31. The summed E-state index contributed by atoms with van der Waals surface area (Å²) in [6.07, 6.45) is 0.435. The molecule has 7 nitrogen and oxygen atoms in total. The molecule has 4 rings (SSSR count). The van der Waals surface area contributed by atoms with Crippen molar-refractivity contribution in [1.82, 2.24) is 4.90 Å². The molecule has 0 bridgehead atoms. The van der Waals surface area contributed by atoms with E-state index in [9.17, 15) is 4.79 Å². The highest BCUT2D eigenvalue weighted by Gasteiger charge is 2.43. The van der Waals surface area contributed by atoms with E-state index in [4.69, 9.17) is 25.8 Å². The largest absolute Gasteiger partial charge is 0.493 e. The zero-order valence-corrected chi connectivity index (χ0v) is 17.3. The fourth-order valence-electron chi connectivity index (χ4n) is 3.80. The first kappa shape index (κ1) is 19.4. The molecule has 0 radical (unpaired) electrons. The molecule has 0 N–H and O–H groups in total. The fraction of sp³-hybridized carbons (Fsp3) is 0.333. The van der Waals surface area contributed by atoms with Crippen LogP contribution >= 0.6 is 11.6 Å². The van der Waals surface area contributed by atoms with Crippen molar-refractivity contribution in [2.75, 3.05) is 32.4 Å². The van der Waals surface area contributed by atoms with Crippen LogP contribution in [0.1, 0.15) is 24.2 Å². The van der Waals surface area contributed by atoms with E-state index >= 15 is 0 Å². The van der Waals surface area contributed by atoms with Crippen molar-refractivity contribution >= 4 is 29.1 Å². The Hall–Kier alpha value is -2.93. The summed E-state index contributed by atoms with van der Waals surface area (Å²) in [7, 11) is 3.23. The first-order valence-electron chi connectivity index (χ1n) is 9.39. The first-order valence-corrected chi connectivity index (χ1v) is 9.77. The summed E-state index contributed by atoms with van der Waals surface area (Å²) in [4.78, 5) is 14.6. The standard InChI is InChI=1S/C21H22ClN3O4/c1-4-29-21(26)19-23-25(15-7-5-6-14(22)11-15)20-16-12-18(28-3)17(27-2)10-13(16)8-9-24(19)20/h5-7,10-12,20H,4,8-9H2,1-3H3. The number of amidine groups is 1. The Morgan fingerprint density at radius 3 is 2.66 bits per heavy atom. The number of rotatable bonds is 5. The van der Waals surface area contributed by atoms with Crippen LogP contribution in [0.15, 0.2) is 41.5 Å². The summed E-state index contributed by atoms with van der Waals surface area (Å²) in [5.74, 6) is 1.16. The van der Waals surface area contributed by atoms with Crippen molar-refractivity contribution in [3.63, 3.8) is 0 Å². The number of carbonyl (C=O) groups excluding carboxylic acids is 1. The van der Waals surface area contributed by atoms with E-state index in [1.165, 1.54) is 0 Å². The van der Waals surface area contributed by atoms with Crippen molar-refractivity contribution in [3.05, 3.63) is 52.5 Å². The van der Waals surface area contributed by atoms with Crippen LogP contribution in [0.25, 0.3) is 0 Å². The number of hydrogen-bond acceptors (Lipinski definition) is 7. The Balaban J connectivity index is 1.84. The zero-order chi connectivity index (χ0) is 20.5. The van der Waals surface area contributed by atoms with Gasteiger partial charge >= 0.3 is 5.97 Å². The molecule has 8 heteroatoms. The Morgan fingerprint density at radius 2 is 1.97 bits per heavy atom. The number of esters is 1. The summed E-state index contributed by atoms with van der Waals surface area (Å²) in [5.41, 5.74) is 2.91. The average Bonchev–Trinajstić information content (AvgIpc) is 3.13. The molecule has 1 atom stereocenters. The van der Waals surface area contributed by atoms with E-state index < -0.39 is 5.97 Å². The van der Waals surface area contributed by atoms with Gasteiger partial charge in [0.25, 0.3) is 0 Å². The van der Waals surface area contributed by atoms with Crippen molar-refractivity contribution in [2.45, 2.75) is 19.5 Å². The van der Waals surface area contributed by atoms with Crippen LogP contribution in [0.2, 0.25) is 5.02 Å².